The number of rotatable bonds is 5. The van der Waals surface area contributed by atoms with Crippen LogP contribution in [0.4, 0.5) is 0 Å². The molecular weight excluding hydrogens is 412 g/mol. The van der Waals surface area contributed by atoms with Gasteiger partial charge in [-0.3, -0.25) is 14.5 Å². The van der Waals surface area contributed by atoms with Crippen LogP contribution in [0.25, 0.3) is 0 Å². The van der Waals surface area contributed by atoms with Gasteiger partial charge in [0.05, 0.1) is 24.1 Å². The molecule has 6 nitrogen and oxygen atoms in total. The summed E-state index contributed by atoms with van der Waals surface area (Å²) in [4.78, 5) is 31.8. The van der Waals surface area contributed by atoms with Crippen molar-refractivity contribution in [2.75, 3.05) is 33.3 Å². The van der Waals surface area contributed by atoms with Gasteiger partial charge in [0.2, 0.25) is 0 Å². The molecule has 4 rings (SSSR count). The molecule has 0 saturated carbocycles. The Kier molecular flexibility index (Phi) is 6.74. The molecule has 1 amide bonds. The molecule has 1 aromatic carbocycles. The molecule has 31 heavy (non-hydrogen) atoms. The summed E-state index contributed by atoms with van der Waals surface area (Å²) in [5.41, 5.74) is 0.722. The second kappa shape index (κ2) is 9.51. The first-order valence-corrected chi connectivity index (χ1v) is 11.7. The van der Waals surface area contributed by atoms with Gasteiger partial charge in [-0.15, -0.1) is 11.3 Å². The Hall–Kier alpha value is -2.22. The normalized spacial score (nSPS) is 23.0. The molecule has 0 aliphatic carbocycles. The molecule has 2 aliphatic heterocycles. The fourth-order valence-electron chi connectivity index (χ4n) is 4.65. The summed E-state index contributed by atoms with van der Waals surface area (Å²) in [7, 11) is 1.61. The SMILES string of the molecule is COc1ccc(C(=O)C2CCN([C@@H]3CN(C(=O)c4ccc(C)s4)CC[C@H]3O)CC2)cc1. The topological polar surface area (TPSA) is 70.1 Å². The van der Waals surface area contributed by atoms with Crippen LogP contribution in [0.1, 0.15) is 44.2 Å². The highest BCUT2D eigenvalue weighted by Crippen LogP contribution is 2.28. The smallest absolute Gasteiger partial charge is 0.263 e. The Morgan fingerprint density at radius 3 is 2.35 bits per heavy atom. The number of Topliss-reactive ketones (excluding diaryl/α,β-unsaturated/α-hetero) is 1. The molecule has 0 spiro atoms. The third-order valence-electron chi connectivity index (χ3n) is 6.53. The number of ketones is 1. The zero-order valence-electron chi connectivity index (χ0n) is 18.1. The van der Waals surface area contributed by atoms with Crippen molar-refractivity contribution in [2.45, 2.75) is 38.3 Å². The lowest BCUT2D eigenvalue weighted by Gasteiger charge is -2.44. The average Bonchev–Trinajstić information content (AvgIpc) is 3.25. The molecule has 166 valence electrons. The maximum Gasteiger partial charge on any atom is 0.263 e. The Morgan fingerprint density at radius 2 is 1.74 bits per heavy atom. The number of carbonyl (C=O) groups excluding carboxylic acids is 2. The van der Waals surface area contributed by atoms with Gasteiger partial charge in [-0.05, 0) is 75.7 Å². The third-order valence-corrected chi connectivity index (χ3v) is 7.52. The monoisotopic (exact) mass is 442 g/mol. The number of thiophene rings is 1. The van der Waals surface area contributed by atoms with Gasteiger partial charge in [0.15, 0.2) is 5.78 Å². The van der Waals surface area contributed by atoms with Crippen molar-refractivity contribution < 1.29 is 19.4 Å². The Balaban J connectivity index is 1.35. The van der Waals surface area contributed by atoms with E-state index < -0.39 is 6.10 Å². The van der Waals surface area contributed by atoms with Gasteiger partial charge in [0.1, 0.15) is 5.75 Å². The van der Waals surface area contributed by atoms with Crippen molar-refractivity contribution in [3.05, 3.63) is 51.7 Å². The summed E-state index contributed by atoms with van der Waals surface area (Å²) in [6, 6.07) is 11.1. The molecule has 0 unspecified atom stereocenters. The highest BCUT2D eigenvalue weighted by Gasteiger charge is 2.37. The van der Waals surface area contributed by atoms with E-state index in [2.05, 4.69) is 4.90 Å². The van der Waals surface area contributed by atoms with Crippen molar-refractivity contribution in [2.24, 2.45) is 5.92 Å². The summed E-state index contributed by atoms with van der Waals surface area (Å²) in [5, 5.41) is 10.6. The van der Waals surface area contributed by atoms with Crippen LogP contribution in [-0.2, 0) is 0 Å². The van der Waals surface area contributed by atoms with Gasteiger partial charge in [0, 0.05) is 29.4 Å². The number of ether oxygens (including phenoxy) is 1. The summed E-state index contributed by atoms with van der Waals surface area (Å²) in [5.74, 6) is 0.975. The van der Waals surface area contributed by atoms with Crippen LogP contribution in [0.2, 0.25) is 0 Å². The van der Waals surface area contributed by atoms with Crippen molar-refractivity contribution in [1.82, 2.24) is 9.80 Å². The summed E-state index contributed by atoms with van der Waals surface area (Å²) >= 11 is 1.52. The zero-order chi connectivity index (χ0) is 22.0. The number of aryl methyl sites for hydroxylation is 1. The van der Waals surface area contributed by atoms with Gasteiger partial charge >= 0.3 is 0 Å². The Morgan fingerprint density at radius 1 is 1.03 bits per heavy atom. The quantitative estimate of drug-likeness (QED) is 0.720. The first kappa shape index (κ1) is 22.0. The second-order valence-electron chi connectivity index (χ2n) is 8.49. The number of amides is 1. The molecule has 7 heteroatoms. The highest BCUT2D eigenvalue weighted by atomic mass is 32.1. The molecule has 3 heterocycles. The number of aliphatic hydroxyl groups is 1. The largest absolute Gasteiger partial charge is 0.497 e. The summed E-state index contributed by atoms with van der Waals surface area (Å²) < 4.78 is 5.17. The van der Waals surface area contributed by atoms with E-state index in [0.29, 0.717) is 19.5 Å². The fourth-order valence-corrected chi connectivity index (χ4v) is 5.49. The molecule has 1 aromatic heterocycles. The van der Waals surface area contributed by atoms with Gasteiger partial charge < -0.3 is 14.7 Å². The van der Waals surface area contributed by atoms with Crippen molar-refractivity contribution >= 4 is 23.0 Å². The minimum atomic E-state index is -0.442. The minimum absolute atomic E-state index is 0.00259. The van der Waals surface area contributed by atoms with E-state index in [1.165, 1.54) is 11.3 Å². The number of methoxy groups -OCH3 is 1. The summed E-state index contributed by atoms with van der Waals surface area (Å²) in [6.07, 6.45) is 1.69. The third kappa shape index (κ3) is 4.84. The molecule has 1 N–H and O–H groups in total. The van der Waals surface area contributed by atoms with E-state index in [-0.39, 0.29) is 23.7 Å². The van der Waals surface area contributed by atoms with Crippen LogP contribution in [0.3, 0.4) is 0 Å². The molecule has 2 saturated heterocycles. The van der Waals surface area contributed by atoms with E-state index in [4.69, 9.17) is 4.74 Å². The van der Waals surface area contributed by atoms with Crippen LogP contribution < -0.4 is 4.74 Å². The molecule has 2 aliphatic rings. The number of nitrogens with zero attached hydrogens (tertiary/aromatic N) is 2. The predicted octanol–water partition coefficient (Wildman–Crippen LogP) is 3.24. The van der Waals surface area contributed by atoms with Crippen LogP contribution in [0.15, 0.2) is 36.4 Å². The number of benzene rings is 1. The van der Waals surface area contributed by atoms with Crippen molar-refractivity contribution in [1.29, 1.82) is 0 Å². The molecule has 2 aromatic rings. The molecule has 0 bridgehead atoms. The lowest BCUT2D eigenvalue weighted by atomic mass is 9.87. The maximum absolute atomic E-state index is 12.9. The number of likely N-dealkylation sites (tertiary alicyclic amines) is 2. The van der Waals surface area contributed by atoms with Crippen LogP contribution in [0, 0.1) is 12.8 Å². The standard InChI is InChI=1S/C24H30N2O4S/c1-16-3-8-22(31-16)24(29)26-14-11-21(27)20(15-26)25-12-9-18(10-13-25)23(28)17-4-6-19(30-2)7-5-17/h3-8,18,20-21,27H,9-15H2,1-2H3/t20-,21-/m1/s1. The van der Waals surface area contributed by atoms with Crippen LogP contribution in [-0.4, -0.2) is 72.0 Å². The van der Waals surface area contributed by atoms with Crippen molar-refractivity contribution in [3.63, 3.8) is 0 Å². The number of hydrogen-bond donors (Lipinski definition) is 1. The maximum atomic E-state index is 12.9. The van der Waals surface area contributed by atoms with E-state index in [1.54, 1.807) is 7.11 Å². The number of hydrogen-bond acceptors (Lipinski definition) is 6. The molecule has 2 atom stereocenters. The number of piperidine rings is 2. The van der Waals surface area contributed by atoms with Gasteiger partial charge in [-0.25, -0.2) is 0 Å². The van der Waals surface area contributed by atoms with Crippen molar-refractivity contribution in [3.8, 4) is 5.75 Å². The molecular formula is C24H30N2O4S. The fraction of sp³-hybridized carbons (Fsp3) is 0.500. The van der Waals surface area contributed by atoms with Crippen LogP contribution in [0.5, 0.6) is 5.75 Å². The van der Waals surface area contributed by atoms with E-state index in [0.717, 1.165) is 47.0 Å². The van der Waals surface area contributed by atoms with E-state index in [1.807, 2.05) is 48.2 Å². The van der Waals surface area contributed by atoms with Gasteiger partial charge in [-0.2, -0.15) is 0 Å². The molecule has 0 radical (unpaired) electrons. The number of carbonyl (C=O) groups is 2. The lowest BCUT2D eigenvalue weighted by molar-refractivity contribution is -0.0174. The predicted molar refractivity (Wildman–Crippen MR) is 121 cm³/mol. The van der Waals surface area contributed by atoms with Gasteiger partial charge in [0.25, 0.3) is 5.91 Å². The minimum Gasteiger partial charge on any atom is -0.497 e. The Labute approximate surface area is 187 Å². The van der Waals surface area contributed by atoms with E-state index >= 15 is 0 Å². The number of aliphatic hydroxyl groups excluding tert-OH is 1. The Bertz CT molecular complexity index is 918. The first-order chi connectivity index (χ1) is 15.0. The lowest BCUT2D eigenvalue weighted by Crippen LogP contribution is -2.58. The highest BCUT2D eigenvalue weighted by molar-refractivity contribution is 7.13. The van der Waals surface area contributed by atoms with E-state index in [9.17, 15) is 14.7 Å². The van der Waals surface area contributed by atoms with Crippen LogP contribution >= 0.6 is 11.3 Å². The second-order valence-corrected chi connectivity index (χ2v) is 9.78. The average molecular weight is 443 g/mol. The first-order valence-electron chi connectivity index (χ1n) is 10.9. The zero-order valence-corrected chi connectivity index (χ0v) is 18.9. The summed E-state index contributed by atoms with van der Waals surface area (Å²) in [6.45, 7) is 4.64. The van der Waals surface area contributed by atoms with Gasteiger partial charge in [-0.1, -0.05) is 0 Å². The molecule has 2 fully saturated rings.